The number of aromatic nitrogens is 1. The fourth-order valence-corrected chi connectivity index (χ4v) is 3.46. The van der Waals surface area contributed by atoms with E-state index in [1.807, 2.05) is 50.2 Å². The van der Waals surface area contributed by atoms with E-state index in [1.54, 1.807) is 17.0 Å². The van der Waals surface area contributed by atoms with Crippen LogP contribution < -0.4 is 14.4 Å². The van der Waals surface area contributed by atoms with Gasteiger partial charge in [-0.1, -0.05) is 23.5 Å². The average Bonchev–Trinajstić information content (AvgIpc) is 3.05. The van der Waals surface area contributed by atoms with E-state index >= 15 is 0 Å². The van der Waals surface area contributed by atoms with Gasteiger partial charge in [0, 0.05) is 6.54 Å². The normalized spacial score (nSPS) is 10.6. The van der Waals surface area contributed by atoms with Crippen LogP contribution in [0.25, 0.3) is 10.2 Å². The largest absolute Gasteiger partial charge is 0.494 e. The van der Waals surface area contributed by atoms with Gasteiger partial charge in [-0.15, -0.1) is 0 Å². The molecule has 0 saturated carbocycles. The van der Waals surface area contributed by atoms with E-state index in [4.69, 9.17) is 9.47 Å². The number of hydrogen-bond donors (Lipinski definition) is 0. The maximum Gasteiger partial charge on any atom is 0.266 e. The van der Waals surface area contributed by atoms with Crippen molar-refractivity contribution in [2.75, 3.05) is 24.7 Å². The van der Waals surface area contributed by atoms with Crippen LogP contribution in [-0.2, 0) is 4.79 Å². The summed E-state index contributed by atoms with van der Waals surface area (Å²) < 4.78 is 12.1. The molecule has 0 fully saturated rings. The predicted octanol–water partition coefficient (Wildman–Crippen LogP) is 4.13. The van der Waals surface area contributed by atoms with Crippen LogP contribution in [0.15, 0.2) is 48.5 Å². The number of anilines is 1. The first kappa shape index (κ1) is 17.2. The summed E-state index contributed by atoms with van der Waals surface area (Å²) in [7, 11) is 0. The lowest BCUT2D eigenvalue weighted by molar-refractivity contribution is -0.120. The molecule has 2 aromatic carbocycles. The maximum atomic E-state index is 12.5. The summed E-state index contributed by atoms with van der Waals surface area (Å²) >= 11 is 1.51. The van der Waals surface area contributed by atoms with Crippen molar-refractivity contribution in [2.24, 2.45) is 0 Å². The minimum Gasteiger partial charge on any atom is -0.494 e. The standard InChI is InChI=1S/C19H20N2O3S/c1-3-21(19-20-16-7-5-6-8-17(16)25-19)18(22)13-24-15-11-9-14(10-12-15)23-4-2/h5-12H,3-4,13H2,1-2H3. The van der Waals surface area contributed by atoms with Crippen molar-refractivity contribution in [1.82, 2.24) is 4.98 Å². The molecular weight excluding hydrogens is 336 g/mol. The Morgan fingerprint density at radius 2 is 1.72 bits per heavy atom. The molecule has 3 rings (SSSR count). The third-order valence-corrected chi connectivity index (χ3v) is 4.69. The highest BCUT2D eigenvalue weighted by atomic mass is 32.1. The first-order chi connectivity index (χ1) is 12.2. The van der Waals surface area contributed by atoms with Gasteiger partial charge in [0.15, 0.2) is 11.7 Å². The number of fused-ring (bicyclic) bond motifs is 1. The number of rotatable bonds is 7. The molecule has 0 radical (unpaired) electrons. The summed E-state index contributed by atoms with van der Waals surface area (Å²) in [5.74, 6) is 1.30. The number of likely N-dealkylation sites (N-methyl/N-ethyl adjacent to an activating group) is 1. The Bertz CT molecular complexity index is 812. The molecule has 0 aliphatic rings. The molecule has 130 valence electrons. The van der Waals surface area contributed by atoms with Crippen molar-refractivity contribution in [3.05, 3.63) is 48.5 Å². The topological polar surface area (TPSA) is 51.7 Å². The second kappa shape index (κ2) is 7.98. The molecule has 3 aromatic rings. The lowest BCUT2D eigenvalue weighted by Crippen LogP contribution is -2.34. The average molecular weight is 356 g/mol. The molecule has 1 heterocycles. The van der Waals surface area contributed by atoms with E-state index in [1.165, 1.54) is 11.3 Å². The Morgan fingerprint density at radius 1 is 1.04 bits per heavy atom. The van der Waals surface area contributed by atoms with E-state index < -0.39 is 0 Å². The molecular formula is C19H20N2O3S. The minimum absolute atomic E-state index is 0.0300. The van der Waals surface area contributed by atoms with Crippen LogP contribution >= 0.6 is 11.3 Å². The molecule has 25 heavy (non-hydrogen) atoms. The number of hydrogen-bond acceptors (Lipinski definition) is 5. The number of amides is 1. The van der Waals surface area contributed by atoms with Gasteiger partial charge in [0.1, 0.15) is 11.5 Å². The summed E-state index contributed by atoms with van der Waals surface area (Å²) in [4.78, 5) is 18.7. The van der Waals surface area contributed by atoms with Gasteiger partial charge in [0.05, 0.1) is 16.8 Å². The summed E-state index contributed by atoms with van der Waals surface area (Å²) in [6.45, 7) is 5.00. The number of para-hydroxylation sites is 1. The zero-order valence-corrected chi connectivity index (χ0v) is 15.1. The first-order valence-corrected chi connectivity index (χ1v) is 9.04. The molecule has 6 heteroatoms. The lowest BCUT2D eigenvalue weighted by Gasteiger charge is -2.17. The zero-order valence-electron chi connectivity index (χ0n) is 14.3. The molecule has 0 aliphatic heterocycles. The second-order valence-corrected chi connectivity index (χ2v) is 6.30. The summed E-state index contributed by atoms with van der Waals surface area (Å²) in [6.07, 6.45) is 0. The van der Waals surface area contributed by atoms with Crippen molar-refractivity contribution in [3.8, 4) is 11.5 Å². The van der Waals surface area contributed by atoms with E-state index in [2.05, 4.69) is 4.98 Å². The monoisotopic (exact) mass is 356 g/mol. The zero-order chi connectivity index (χ0) is 17.6. The third kappa shape index (κ3) is 4.09. The van der Waals surface area contributed by atoms with Crippen LogP contribution in [0, 0.1) is 0 Å². The van der Waals surface area contributed by atoms with E-state index in [0.29, 0.717) is 24.0 Å². The summed E-state index contributed by atoms with van der Waals surface area (Å²) in [5.41, 5.74) is 0.904. The van der Waals surface area contributed by atoms with Crippen LogP contribution in [0.3, 0.4) is 0 Å². The molecule has 5 nitrogen and oxygen atoms in total. The van der Waals surface area contributed by atoms with Gasteiger partial charge < -0.3 is 9.47 Å². The van der Waals surface area contributed by atoms with Crippen molar-refractivity contribution in [1.29, 1.82) is 0 Å². The van der Waals surface area contributed by atoms with Gasteiger partial charge in [-0.2, -0.15) is 0 Å². The Labute approximate surface area is 150 Å². The third-order valence-electron chi connectivity index (χ3n) is 3.63. The highest BCUT2D eigenvalue weighted by Crippen LogP contribution is 2.28. The molecule has 0 aliphatic carbocycles. The Kier molecular flexibility index (Phi) is 5.50. The van der Waals surface area contributed by atoms with Crippen LogP contribution in [-0.4, -0.2) is 30.6 Å². The Hall–Kier alpha value is -2.60. The predicted molar refractivity (Wildman–Crippen MR) is 101 cm³/mol. The van der Waals surface area contributed by atoms with Gasteiger partial charge in [-0.3, -0.25) is 9.69 Å². The van der Waals surface area contributed by atoms with Crippen LogP contribution in [0.5, 0.6) is 11.5 Å². The number of carbonyl (C=O) groups is 1. The first-order valence-electron chi connectivity index (χ1n) is 8.23. The van der Waals surface area contributed by atoms with Crippen LogP contribution in [0.2, 0.25) is 0 Å². The van der Waals surface area contributed by atoms with Crippen molar-refractivity contribution in [2.45, 2.75) is 13.8 Å². The quantitative estimate of drug-likeness (QED) is 0.639. The van der Waals surface area contributed by atoms with Crippen molar-refractivity contribution in [3.63, 3.8) is 0 Å². The second-order valence-electron chi connectivity index (χ2n) is 5.30. The SMILES string of the molecule is CCOc1ccc(OCC(=O)N(CC)c2nc3ccccc3s2)cc1. The fraction of sp³-hybridized carbons (Fsp3) is 0.263. The van der Waals surface area contributed by atoms with E-state index in [9.17, 15) is 4.79 Å². The summed E-state index contributed by atoms with van der Waals surface area (Å²) in [6, 6.07) is 15.1. The molecule has 0 unspecified atom stereocenters. The minimum atomic E-state index is -0.115. The van der Waals surface area contributed by atoms with Gasteiger partial charge in [-0.25, -0.2) is 4.98 Å². The number of carbonyl (C=O) groups excluding carboxylic acids is 1. The molecule has 0 bridgehead atoms. The van der Waals surface area contributed by atoms with Crippen LogP contribution in [0.4, 0.5) is 5.13 Å². The van der Waals surface area contributed by atoms with Gasteiger partial charge in [0.25, 0.3) is 5.91 Å². The number of ether oxygens (including phenoxy) is 2. The summed E-state index contributed by atoms with van der Waals surface area (Å²) in [5, 5.41) is 0.698. The molecule has 0 spiro atoms. The molecule has 0 atom stereocenters. The van der Waals surface area contributed by atoms with Gasteiger partial charge in [-0.05, 0) is 50.2 Å². The Balaban J connectivity index is 1.65. The van der Waals surface area contributed by atoms with Crippen molar-refractivity contribution >= 4 is 32.6 Å². The molecule has 0 saturated heterocycles. The lowest BCUT2D eigenvalue weighted by atomic mass is 10.3. The molecule has 1 amide bonds. The molecule has 0 N–H and O–H groups in total. The van der Waals surface area contributed by atoms with Crippen molar-refractivity contribution < 1.29 is 14.3 Å². The van der Waals surface area contributed by atoms with E-state index in [0.717, 1.165) is 16.0 Å². The van der Waals surface area contributed by atoms with Crippen LogP contribution in [0.1, 0.15) is 13.8 Å². The van der Waals surface area contributed by atoms with E-state index in [-0.39, 0.29) is 12.5 Å². The fourth-order valence-electron chi connectivity index (χ4n) is 2.42. The molecule has 1 aromatic heterocycles. The van der Waals surface area contributed by atoms with Gasteiger partial charge >= 0.3 is 0 Å². The Morgan fingerprint density at radius 3 is 2.36 bits per heavy atom. The van der Waals surface area contributed by atoms with Gasteiger partial charge in [0.2, 0.25) is 0 Å². The highest BCUT2D eigenvalue weighted by Gasteiger charge is 2.18. The number of benzene rings is 2. The number of nitrogens with zero attached hydrogens (tertiary/aromatic N) is 2. The maximum absolute atomic E-state index is 12.5. The smallest absolute Gasteiger partial charge is 0.266 e. The number of thiazole rings is 1. The highest BCUT2D eigenvalue weighted by molar-refractivity contribution is 7.22.